The first-order valence-corrected chi connectivity index (χ1v) is 8.51. The fourth-order valence-electron chi connectivity index (χ4n) is 2.52. The molecule has 1 N–H and O–H groups in total. The lowest BCUT2D eigenvalue weighted by molar-refractivity contribution is -0.297. The Labute approximate surface area is 160 Å². The highest BCUT2D eigenvalue weighted by atomic mass is 79.9. The van der Waals surface area contributed by atoms with E-state index in [4.69, 9.17) is 11.6 Å². The lowest BCUT2D eigenvalue weighted by atomic mass is 10.0. The van der Waals surface area contributed by atoms with Gasteiger partial charge in [-0.2, -0.15) is 23.3 Å². The summed E-state index contributed by atoms with van der Waals surface area (Å²) in [6.45, 7) is 0. The standard InChI is InChI=1S/C17H11BrClF3N2O2/c18-12-3-1-2-11(8-12)14-9-16(26,17(20,21)22)24(23-14)15(25)10-4-6-13(19)7-5-10/h1-8,26H,9H2/t16-/m1/s1. The molecule has 26 heavy (non-hydrogen) atoms. The average molecular weight is 448 g/mol. The molecule has 1 heterocycles. The molecule has 0 aromatic heterocycles. The summed E-state index contributed by atoms with van der Waals surface area (Å²) in [4.78, 5) is 12.6. The van der Waals surface area contributed by atoms with Crippen molar-refractivity contribution in [3.8, 4) is 0 Å². The molecule has 0 fully saturated rings. The Morgan fingerprint density at radius 1 is 1.23 bits per heavy atom. The van der Waals surface area contributed by atoms with Crippen LogP contribution in [0.25, 0.3) is 0 Å². The maximum atomic E-state index is 13.6. The maximum Gasteiger partial charge on any atom is 0.438 e. The van der Waals surface area contributed by atoms with E-state index in [1.807, 2.05) is 0 Å². The predicted octanol–water partition coefficient (Wildman–Crippen LogP) is 4.60. The van der Waals surface area contributed by atoms with Gasteiger partial charge in [0.1, 0.15) is 0 Å². The number of aliphatic hydroxyl groups is 1. The van der Waals surface area contributed by atoms with Gasteiger partial charge in [0.25, 0.3) is 11.6 Å². The number of nitrogens with zero attached hydrogens (tertiary/aromatic N) is 2. The molecule has 1 amide bonds. The summed E-state index contributed by atoms with van der Waals surface area (Å²) < 4.78 is 41.3. The number of alkyl halides is 3. The van der Waals surface area contributed by atoms with Crippen LogP contribution in [0, 0.1) is 0 Å². The zero-order valence-electron chi connectivity index (χ0n) is 13.0. The second kappa shape index (κ2) is 6.68. The Kier molecular flexibility index (Phi) is 4.85. The summed E-state index contributed by atoms with van der Waals surface area (Å²) in [5.41, 5.74) is -3.18. The van der Waals surface area contributed by atoms with Crippen molar-refractivity contribution in [1.29, 1.82) is 0 Å². The van der Waals surface area contributed by atoms with Crippen molar-refractivity contribution in [2.75, 3.05) is 0 Å². The van der Waals surface area contributed by atoms with Crippen LogP contribution in [0.3, 0.4) is 0 Å². The van der Waals surface area contributed by atoms with Gasteiger partial charge in [-0.3, -0.25) is 4.79 Å². The second-order valence-corrected chi connectivity index (χ2v) is 7.02. The topological polar surface area (TPSA) is 52.9 Å². The SMILES string of the molecule is O=C(c1ccc(Cl)cc1)N1N=C(c2cccc(Br)c2)C[C@@]1(O)C(F)(F)F. The van der Waals surface area contributed by atoms with E-state index in [0.717, 1.165) is 0 Å². The summed E-state index contributed by atoms with van der Waals surface area (Å²) in [6, 6.07) is 11.7. The Bertz CT molecular complexity index is 886. The van der Waals surface area contributed by atoms with Crippen molar-refractivity contribution in [3.05, 3.63) is 69.2 Å². The van der Waals surface area contributed by atoms with E-state index in [1.165, 1.54) is 24.3 Å². The first-order chi connectivity index (χ1) is 12.1. The van der Waals surface area contributed by atoms with Crippen LogP contribution in [0.1, 0.15) is 22.3 Å². The van der Waals surface area contributed by atoms with E-state index in [2.05, 4.69) is 21.0 Å². The van der Waals surface area contributed by atoms with Crippen LogP contribution >= 0.6 is 27.5 Å². The van der Waals surface area contributed by atoms with E-state index >= 15 is 0 Å². The summed E-state index contributed by atoms with van der Waals surface area (Å²) >= 11 is 8.97. The molecule has 0 aliphatic carbocycles. The van der Waals surface area contributed by atoms with Gasteiger partial charge in [0.05, 0.1) is 12.1 Å². The Morgan fingerprint density at radius 3 is 2.46 bits per heavy atom. The normalized spacial score (nSPS) is 20.2. The van der Waals surface area contributed by atoms with Gasteiger partial charge in [-0.05, 0) is 42.0 Å². The Morgan fingerprint density at radius 2 is 1.88 bits per heavy atom. The highest BCUT2D eigenvalue weighted by Crippen LogP contribution is 2.42. The van der Waals surface area contributed by atoms with Crippen LogP contribution in [0.5, 0.6) is 0 Å². The van der Waals surface area contributed by atoms with Crippen molar-refractivity contribution in [2.45, 2.75) is 18.3 Å². The van der Waals surface area contributed by atoms with Crippen LogP contribution in [0.15, 0.2) is 58.1 Å². The monoisotopic (exact) mass is 446 g/mol. The first kappa shape index (κ1) is 18.9. The summed E-state index contributed by atoms with van der Waals surface area (Å²) in [7, 11) is 0. The second-order valence-electron chi connectivity index (χ2n) is 5.67. The van der Waals surface area contributed by atoms with Gasteiger partial charge in [-0.25, -0.2) is 0 Å². The number of benzene rings is 2. The number of amides is 1. The average Bonchev–Trinajstić information content (AvgIpc) is 2.94. The molecule has 0 saturated heterocycles. The van der Waals surface area contributed by atoms with Crippen molar-refractivity contribution >= 4 is 39.1 Å². The number of rotatable bonds is 2. The molecule has 1 aliphatic rings. The van der Waals surface area contributed by atoms with E-state index in [9.17, 15) is 23.1 Å². The molecule has 0 saturated carbocycles. The quantitative estimate of drug-likeness (QED) is 0.731. The summed E-state index contributed by atoms with van der Waals surface area (Å²) in [5, 5.41) is 14.5. The van der Waals surface area contributed by atoms with Gasteiger partial charge in [0.2, 0.25) is 0 Å². The number of hydrogen-bond acceptors (Lipinski definition) is 3. The molecule has 1 atom stereocenters. The zero-order chi connectivity index (χ0) is 19.1. The molecule has 1 aliphatic heterocycles. The van der Waals surface area contributed by atoms with Gasteiger partial charge in [0.15, 0.2) is 0 Å². The van der Waals surface area contributed by atoms with Crippen LogP contribution < -0.4 is 0 Å². The summed E-state index contributed by atoms with van der Waals surface area (Å²) in [6.07, 6.45) is -5.96. The van der Waals surface area contributed by atoms with Crippen molar-refractivity contribution < 1.29 is 23.1 Å². The zero-order valence-corrected chi connectivity index (χ0v) is 15.3. The van der Waals surface area contributed by atoms with Gasteiger partial charge >= 0.3 is 6.18 Å². The highest BCUT2D eigenvalue weighted by molar-refractivity contribution is 9.10. The third kappa shape index (κ3) is 3.36. The van der Waals surface area contributed by atoms with Crippen LogP contribution in [0.2, 0.25) is 5.02 Å². The molecule has 4 nitrogen and oxygen atoms in total. The Balaban J connectivity index is 2.05. The van der Waals surface area contributed by atoms with Gasteiger partial charge < -0.3 is 5.11 Å². The molecule has 9 heteroatoms. The van der Waals surface area contributed by atoms with Crippen molar-refractivity contribution in [2.24, 2.45) is 5.10 Å². The molecule has 3 rings (SSSR count). The molecule has 0 bridgehead atoms. The van der Waals surface area contributed by atoms with Gasteiger partial charge in [-0.1, -0.05) is 39.7 Å². The molecule has 0 radical (unpaired) electrons. The first-order valence-electron chi connectivity index (χ1n) is 7.34. The van der Waals surface area contributed by atoms with Crippen molar-refractivity contribution in [3.63, 3.8) is 0 Å². The third-order valence-corrected chi connectivity index (χ3v) is 4.63. The minimum absolute atomic E-state index is 0.0477. The molecule has 0 spiro atoms. The van der Waals surface area contributed by atoms with E-state index in [0.29, 0.717) is 15.1 Å². The molecule has 2 aromatic carbocycles. The minimum atomic E-state index is -5.09. The summed E-state index contributed by atoms with van der Waals surface area (Å²) in [5.74, 6) is -1.08. The van der Waals surface area contributed by atoms with Crippen LogP contribution in [-0.2, 0) is 0 Å². The van der Waals surface area contributed by atoms with Crippen LogP contribution in [-0.4, -0.2) is 33.6 Å². The lowest BCUT2D eigenvalue weighted by Gasteiger charge is -2.32. The maximum absolute atomic E-state index is 13.6. The third-order valence-electron chi connectivity index (χ3n) is 3.88. The number of carbonyl (C=O) groups excluding carboxylic acids is 1. The van der Waals surface area contributed by atoms with Gasteiger partial charge in [0, 0.05) is 15.1 Å². The minimum Gasteiger partial charge on any atom is -0.362 e. The molecule has 136 valence electrons. The lowest BCUT2D eigenvalue weighted by Crippen LogP contribution is -2.56. The number of halogens is 5. The van der Waals surface area contributed by atoms with E-state index in [1.54, 1.807) is 24.3 Å². The molecule has 2 aromatic rings. The number of hydrazone groups is 1. The van der Waals surface area contributed by atoms with E-state index in [-0.39, 0.29) is 16.3 Å². The molecule has 0 unspecified atom stereocenters. The Hall–Kier alpha value is -1.90. The van der Waals surface area contributed by atoms with Gasteiger partial charge in [-0.15, -0.1) is 0 Å². The predicted molar refractivity (Wildman–Crippen MR) is 93.9 cm³/mol. The molecular weight excluding hydrogens is 437 g/mol. The number of hydrogen-bond donors (Lipinski definition) is 1. The van der Waals surface area contributed by atoms with Crippen molar-refractivity contribution in [1.82, 2.24) is 5.01 Å². The fourth-order valence-corrected chi connectivity index (χ4v) is 3.05. The highest BCUT2D eigenvalue weighted by Gasteiger charge is 2.63. The largest absolute Gasteiger partial charge is 0.438 e. The molecular formula is C17H11BrClF3N2O2. The van der Waals surface area contributed by atoms with E-state index < -0.39 is 24.2 Å². The fraction of sp³-hybridized carbons (Fsp3) is 0.176. The smallest absolute Gasteiger partial charge is 0.362 e. The van der Waals surface area contributed by atoms with Crippen LogP contribution in [0.4, 0.5) is 13.2 Å². The number of carbonyl (C=O) groups is 1.